The fraction of sp³-hybridized carbons (Fsp3) is 0.596. The van der Waals surface area contributed by atoms with Crippen LogP contribution in [-0.2, 0) is 11.3 Å². The number of rotatable bonds is 15. The number of aromatic nitrogens is 4. The second kappa shape index (κ2) is 26.0. The Morgan fingerprint density at radius 1 is 0.634 bits per heavy atom. The van der Waals surface area contributed by atoms with Gasteiger partial charge in [0.2, 0.25) is 0 Å². The van der Waals surface area contributed by atoms with Crippen LogP contribution >= 0.6 is 23.2 Å². The maximum Gasteiger partial charge on any atom is 0.405 e. The van der Waals surface area contributed by atoms with Crippen molar-refractivity contribution in [1.29, 1.82) is 0 Å². The lowest BCUT2D eigenvalue weighted by molar-refractivity contribution is 0.0835. The lowest BCUT2D eigenvalue weighted by atomic mass is 9.86. The summed E-state index contributed by atoms with van der Waals surface area (Å²) in [5.41, 5.74) is 9.24. The van der Waals surface area contributed by atoms with Crippen molar-refractivity contribution in [2.45, 2.75) is 182 Å². The van der Waals surface area contributed by atoms with Crippen molar-refractivity contribution in [2.75, 3.05) is 26.2 Å². The zero-order valence-corrected chi connectivity index (χ0v) is 48.5. The number of carbonyl (C=O) groups excluding carboxylic acids is 3. The van der Waals surface area contributed by atoms with Crippen LogP contribution in [0, 0.1) is 25.7 Å². The molecule has 392 valence electrons. The molecule has 1 unspecified atom stereocenters. The number of ether oxygens (including phenoxy) is 1. The van der Waals surface area contributed by atoms with Crippen LogP contribution in [-0.4, -0.2) is 88.5 Å². The van der Waals surface area contributed by atoms with Gasteiger partial charge in [0.25, 0.3) is 0 Å². The molecule has 0 bridgehead atoms. The second-order valence-corrected chi connectivity index (χ2v) is 34.2. The minimum absolute atomic E-state index is 0. The first kappa shape index (κ1) is 59.9. The molecule has 0 radical (unpaired) electrons. The number of carbonyl (C=O) groups is 3. The topological polar surface area (TPSA) is 111 Å². The highest BCUT2D eigenvalue weighted by atomic mass is 35.5. The molecule has 5 aromatic rings. The number of hydrogen-bond donors (Lipinski definition) is 1. The lowest BCUT2D eigenvalue weighted by Gasteiger charge is -2.44. The molecular formula is C57H88Cl2N6O4Si2. The van der Waals surface area contributed by atoms with Gasteiger partial charge in [-0.25, -0.2) is 14.8 Å². The first-order valence-electron chi connectivity index (χ1n) is 26.0. The van der Waals surface area contributed by atoms with E-state index in [-0.39, 0.29) is 19.3 Å². The summed E-state index contributed by atoms with van der Waals surface area (Å²) in [4.78, 5) is 49.4. The minimum atomic E-state index is -1.94. The zero-order valence-electron chi connectivity index (χ0n) is 45.0. The molecule has 1 atom stereocenters. The molecule has 0 amide bonds. The lowest BCUT2D eigenvalue weighted by Crippen LogP contribution is -2.51. The van der Waals surface area contributed by atoms with Gasteiger partial charge in [-0.3, -0.25) is 14.5 Å². The third-order valence-electron chi connectivity index (χ3n) is 15.9. The summed E-state index contributed by atoms with van der Waals surface area (Å²) in [5.74, 6) is 0.862. The number of pyridine rings is 2. The standard InChI is InChI=1S/C30H43N3OSi.C23H37N3OSi.C3H4Cl2O2.CH4/c1-21(2)35(22(3)4,23(5)6)33-18-15-27-28(24(7)19-31-30(27)33)29(34)26-13-16-32(17-14-26)20-25-11-9-8-10-12-25;1-15(2)28(16(3)4,17(5)6)26-13-10-20-21(18(7)14-25-23(20)26)22(27)19-8-11-24-12-9-19;1-2(4)7-3(5)6;/h8-12,15,18-19,21-23,26H,13-14,16-17,20H2,1-7H3;10,13-17,19,24H,8-9,11-12H2,1-7H3;2H,1H3;1H4. The molecule has 71 heavy (non-hydrogen) atoms. The normalized spacial score (nSPS) is 15.8. The predicted octanol–water partition coefficient (Wildman–Crippen LogP) is 15.6. The van der Waals surface area contributed by atoms with Crippen LogP contribution < -0.4 is 5.32 Å². The second-order valence-electron chi connectivity index (χ2n) is 21.9. The zero-order chi connectivity index (χ0) is 51.8. The molecule has 0 saturated carbocycles. The molecule has 4 aromatic heterocycles. The van der Waals surface area contributed by atoms with Gasteiger partial charge < -0.3 is 18.5 Å². The molecule has 14 heteroatoms. The van der Waals surface area contributed by atoms with E-state index in [0.29, 0.717) is 44.8 Å². The molecule has 0 aliphatic carbocycles. The molecule has 2 fully saturated rings. The summed E-state index contributed by atoms with van der Waals surface area (Å²) < 4.78 is 9.19. The van der Waals surface area contributed by atoms with E-state index in [4.69, 9.17) is 33.2 Å². The van der Waals surface area contributed by atoms with Crippen molar-refractivity contribution in [3.8, 4) is 0 Å². The summed E-state index contributed by atoms with van der Waals surface area (Å²) in [7, 11) is -3.84. The van der Waals surface area contributed by atoms with Gasteiger partial charge in [-0.15, -0.1) is 0 Å². The summed E-state index contributed by atoms with van der Waals surface area (Å²) in [6, 6.07) is 15.0. The number of nitrogens with zero attached hydrogens (tertiary/aromatic N) is 5. The van der Waals surface area contributed by atoms with Crippen LogP contribution in [0.15, 0.2) is 67.3 Å². The van der Waals surface area contributed by atoms with Gasteiger partial charge in [0.05, 0.1) is 0 Å². The van der Waals surface area contributed by atoms with E-state index >= 15 is 0 Å². The molecule has 2 aliphatic heterocycles. The Kier molecular flexibility index (Phi) is 22.0. The molecule has 0 spiro atoms. The number of likely N-dealkylation sites (tertiary alicyclic amines) is 1. The van der Waals surface area contributed by atoms with Crippen molar-refractivity contribution >= 4 is 78.7 Å². The highest BCUT2D eigenvalue weighted by molar-refractivity contribution is 6.83. The number of fused-ring (bicyclic) bond motifs is 2. The quantitative estimate of drug-likeness (QED) is 0.0478. The van der Waals surface area contributed by atoms with E-state index in [1.54, 1.807) is 0 Å². The van der Waals surface area contributed by atoms with Crippen LogP contribution in [0.3, 0.4) is 0 Å². The van der Waals surface area contributed by atoms with E-state index in [1.807, 2.05) is 19.3 Å². The molecular weight excluding hydrogens is 960 g/mol. The summed E-state index contributed by atoms with van der Waals surface area (Å²) in [5, 5.41) is 5.48. The van der Waals surface area contributed by atoms with E-state index in [1.165, 1.54) is 12.5 Å². The highest BCUT2D eigenvalue weighted by Crippen LogP contribution is 2.46. The molecule has 2 aliphatic rings. The van der Waals surface area contributed by atoms with Gasteiger partial charge in [0.15, 0.2) is 33.6 Å². The van der Waals surface area contributed by atoms with Crippen LogP contribution in [0.25, 0.3) is 22.1 Å². The Labute approximate surface area is 439 Å². The van der Waals surface area contributed by atoms with Crippen LogP contribution in [0.4, 0.5) is 4.79 Å². The van der Waals surface area contributed by atoms with Gasteiger partial charge in [0, 0.05) is 64.3 Å². The molecule has 7 rings (SSSR count). The number of alkyl halides is 1. The molecule has 1 N–H and O–H groups in total. The van der Waals surface area contributed by atoms with E-state index in [2.05, 4.69) is 168 Å². The number of aryl methyl sites for hydroxylation is 2. The maximum absolute atomic E-state index is 13.9. The Balaban J connectivity index is 0.000000273. The van der Waals surface area contributed by atoms with Gasteiger partial charge in [0.1, 0.15) is 11.3 Å². The summed E-state index contributed by atoms with van der Waals surface area (Å²) >= 11 is 9.87. The SMILES string of the molecule is C.CC(Cl)OC(=O)Cl.Cc1cnc2c(ccn2[Si](C(C)C)(C(C)C)C(C)C)c1C(=O)C1CCN(Cc2ccccc2)CC1.Cc1cnc2c(ccn2[Si](C(C)C)(C(C)C)C(C)C)c1C(=O)C1CCNCC1. The Morgan fingerprint density at radius 3 is 1.35 bits per heavy atom. The fourth-order valence-corrected chi connectivity index (χ4v) is 26.5. The van der Waals surface area contributed by atoms with Crippen LogP contribution in [0.2, 0.25) is 33.2 Å². The van der Waals surface area contributed by atoms with E-state index < -0.39 is 27.5 Å². The minimum Gasteiger partial charge on any atom is -0.434 e. The third kappa shape index (κ3) is 12.8. The summed E-state index contributed by atoms with van der Waals surface area (Å²) in [6.45, 7) is 38.9. The smallest absolute Gasteiger partial charge is 0.405 e. The summed E-state index contributed by atoms with van der Waals surface area (Å²) in [6.07, 6.45) is 12.1. The number of nitrogens with one attached hydrogen (secondary N) is 1. The van der Waals surface area contributed by atoms with Crippen molar-refractivity contribution in [2.24, 2.45) is 11.8 Å². The average Bonchev–Trinajstić information content (AvgIpc) is 3.91. The van der Waals surface area contributed by atoms with E-state index in [9.17, 15) is 14.4 Å². The van der Waals surface area contributed by atoms with Gasteiger partial charge in [-0.1, -0.05) is 132 Å². The molecule has 10 nitrogen and oxygen atoms in total. The Hall–Kier alpha value is -3.66. The van der Waals surface area contributed by atoms with Crippen molar-refractivity contribution in [3.05, 3.63) is 95.1 Å². The number of hydrogen-bond acceptors (Lipinski definition) is 8. The monoisotopic (exact) mass is 1050 g/mol. The molecule has 1 aromatic carbocycles. The Bertz CT molecular complexity index is 2480. The van der Waals surface area contributed by atoms with Crippen LogP contribution in [0.1, 0.15) is 161 Å². The number of benzene rings is 1. The predicted molar refractivity (Wildman–Crippen MR) is 305 cm³/mol. The van der Waals surface area contributed by atoms with Crippen molar-refractivity contribution in [1.82, 2.24) is 28.6 Å². The first-order chi connectivity index (χ1) is 33.0. The average molecular weight is 1050 g/mol. The first-order valence-corrected chi connectivity index (χ1v) is 31.2. The number of ketones is 2. The Morgan fingerprint density at radius 2 is 1.01 bits per heavy atom. The van der Waals surface area contributed by atoms with Gasteiger partial charge in [-0.2, -0.15) is 0 Å². The van der Waals surface area contributed by atoms with Crippen molar-refractivity contribution in [3.63, 3.8) is 0 Å². The fourth-order valence-electron chi connectivity index (χ4n) is 13.1. The van der Waals surface area contributed by atoms with Gasteiger partial charge >= 0.3 is 5.43 Å². The highest BCUT2D eigenvalue weighted by Gasteiger charge is 2.47. The third-order valence-corrected chi connectivity index (χ3v) is 29.5. The van der Waals surface area contributed by atoms with Crippen LogP contribution in [0.5, 0.6) is 0 Å². The van der Waals surface area contributed by atoms with Crippen molar-refractivity contribution < 1.29 is 19.1 Å². The van der Waals surface area contributed by atoms with Gasteiger partial charge in [-0.05, 0) is 147 Å². The van der Waals surface area contributed by atoms with E-state index in [0.717, 1.165) is 103 Å². The number of halogens is 2. The number of Topliss-reactive ketones (excluding diaryl/α,β-unsaturated/α-hetero) is 2. The molecule has 2 saturated heterocycles. The largest absolute Gasteiger partial charge is 0.434 e. The molecule has 6 heterocycles. The maximum atomic E-state index is 13.9. The number of piperidine rings is 2.